The van der Waals surface area contributed by atoms with E-state index in [1.165, 1.54) is 0 Å². The van der Waals surface area contributed by atoms with Crippen LogP contribution >= 0.6 is 0 Å². The summed E-state index contributed by atoms with van der Waals surface area (Å²) in [6.45, 7) is 4.70. The largest absolute Gasteiger partial charge is 0.370 e. The summed E-state index contributed by atoms with van der Waals surface area (Å²) in [6, 6.07) is 9.09. The minimum absolute atomic E-state index is 0.101. The highest BCUT2D eigenvalue weighted by molar-refractivity contribution is 5.82. The molecule has 1 aromatic rings. The molecule has 0 heterocycles. The van der Waals surface area contributed by atoms with Gasteiger partial charge in [0.25, 0.3) is 0 Å². The van der Waals surface area contributed by atoms with E-state index in [9.17, 15) is 9.59 Å². The fraction of sp³-hybridized carbons (Fsp3) is 0.500. The lowest BCUT2D eigenvalue weighted by molar-refractivity contribution is -0.134. The first-order valence-corrected chi connectivity index (χ1v) is 7.32. The second-order valence-corrected chi connectivity index (χ2v) is 5.37. The van der Waals surface area contributed by atoms with Gasteiger partial charge >= 0.3 is 0 Å². The lowest BCUT2D eigenvalue weighted by Gasteiger charge is -2.28. The maximum Gasteiger partial charge on any atom is 0.240 e. The van der Waals surface area contributed by atoms with Crippen LogP contribution in [0.4, 0.5) is 0 Å². The van der Waals surface area contributed by atoms with Crippen LogP contribution < -0.4 is 11.5 Å². The average molecular weight is 291 g/mol. The Morgan fingerprint density at radius 1 is 1.24 bits per heavy atom. The van der Waals surface area contributed by atoms with E-state index in [1.54, 1.807) is 4.90 Å². The predicted octanol–water partition coefficient (Wildman–Crippen LogP) is 1.26. The Labute approximate surface area is 126 Å². The van der Waals surface area contributed by atoms with Crippen LogP contribution in [0.25, 0.3) is 0 Å². The Bertz CT molecular complexity index is 462. The second-order valence-electron chi connectivity index (χ2n) is 5.37. The van der Waals surface area contributed by atoms with Gasteiger partial charge in [-0.15, -0.1) is 0 Å². The second kappa shape index (κ2) is 8.42. The van der Waals surface area contributed by atoms with Crippen molar-refractivity contribution in [1.82, 2.24) is 4.90 Å². The fourth-order valence-corrected chi connectivity index (χ4v) is 2.02. The van der Waals surface area contributed by atoms with Crippen LogP contribution in [-0.4, -0.2) is 29.3 Å². The number of benzene rings is 1. The van der Waals surface area contributed by atoms with E-state index >= 15 is 0 Å². The third-order valence-electron chi connectivity index (χ3n) is 3.70. The Morgan fingerprint density at radius 3 is 2.38 bits per heavy atom. The van der Waals surface area contributed by atoms with Gasteiger partial charge in [0, 0.05) is 19.5 Å². The van der Waals surface area contributed by atoms with Gasteiger partial charge in [-0.05, 0) is 11.5 Å². The molecule has 0 bridgehead atoms. The molecule has 0 aliphatic rings. The molecule has 2 amide bonds. The van der Waals surface area contributed by atoms with Crippen molar-refractivity contribution in [1.29, 1.82) is 0 Å². The van der Waals surface area contributed by atoms with Crippen LogP contribution in [0.3, 0.4) is 0 Å². The molecule has 0 saturated carbocycles. The number of amides is 2. The van der Waals surface area contributed by atoms with Crippen molar-refractivity contribution in [2.75, 3.05) is 6.54 Å². The smallest absolute Gasteiger partial charge is 0.240 e. The van der Waals surface area contributed by atoms with Crippen molar-refractivity contribution in [3.8, 4) is 0 Å². The Kier molecular flexibility index (Phi) is 6.88. The Hall–Kier alpha value is -1.88. The number of nitrogens with two attached hydrogens (primary N) is 2. The van der Waals surface area contributed by atoms with Gasteiger partial charge in [0.1, 0.15) is 0 Å². The normalized spacial score (nSPS) is 13.5. The van der Waals surface area contributed by atoms with Gasteiger partial charge < -0.3 is 16.4 Å². The number of rotatable bonds is 8. The van der Waals surface area contributed by atoms with Crippen LogP contribution in [0.2, 0.25) is 0 Å². The first-order valence-electron chi connectivity index (χ1n) is 7.32. The van der Waals surface area contributed by atoms with Gasteiger partial charge in [-0.1, -0.05) is 50.6 Å². The molecule has 4 N–H and O–H groups in total. The van der Waals surface area contributed by atoms with Crippen LogP contribution in [0.1, 0.15) is 32.3 Å². The molecular formula is C16H25N3O2. The molecule has 21 heavy (non-hydrogen) atoms. The van der Waals surface area contributed by atoms with Crippen molar-refractivity contribution in [2.24, 2.45) is 17.4 Å². The molecule has 116 valence electrons. The lowest BCUT2D eigenvalue weighted by Crippen LogP contribution is -2.47. The summed E-state index contributed by atoms with van der Waals surface area (Å²) in [5, 5.41) is 0. The van der Waals surface area contributed by atoms with E-state index in [-0.39, 0.29) is 18.2 Å². The van der Waals surface area contributed by atoms with Crippen molar-refractivity contribution >= 4 is 11.8 Å². The van der Waals surface area contributed by atoms with Crippen LogP contribution in [-0.2, 0) is 16.1 Å². The topological polar surface area (TPSA) is 89.4 Å². The van der Waals surface area contributed by atoms with Crippen molar-refractivity contribution in [3.63, 3.8) is 0 Å². The number of hydrogen-bond donors (Lipinski definition) is 2. The summed E-state index contributed by atoms with van der Waals surface area (Å²) in [4.78, 5) is 25.1. The molecule has 0 spiro atoms. The van der Waals surface area contributed by atoms with Gasteiger partial charge in [0.15, 0.2) is 0 Å². The van der Waals surface area contributed by atoms with Crippen molar-refractivity contribution in [2.45, 2.75) is 39.3 Å². The van der Waals surface area contributed by atoms with Crippen molar-refractivity contribution < 1.29 is 9.59 Å². The third-order valence-corrected chi connectivity index (χ3v) is 3.70. The van der Waals surface area contributed by atoms with Gasteiger partial charge in [-0.2, -0.15) is 0 Å². The molecule has 1 aromatic carbocycles. The number of hydrogen-bond acceptors (Lipinski definition) is 3. The standard InChI is InChI=1S/C16H25N3O2/c1-3-12(2)15(18)16(21)19(10-9-14(17)20)11-13-7-5-4-6-8-13/h4-8,12,15H,3,9-11,18H2,1-2H3,(H2,17,20)/t12-,15-/m0/s1. The lowest BCUT2D eigenvalue weighted by atomic mass is 9.98. The number of carbonyl (C=O) groups is 2. The fourth-order valence-electron chi connectivity index (χ4n) is 2.02. The molecule has 0 aliphatic heterocycles. The molecule has 0 aliphatic carbocycles. The maximum atomic E-state index is 12.5. The molecule has 0 aromatic heterocycles. The van der Waals surface area contributed by atoms with Gasteiger partial charge in [-0.25, -0.2) is 0 Å². The van der Waals surface area contributed by atoms with Gasteiger partial charge in [0.05, 0.1) is 6.04 Å². The quantitative estimate of drug-likeness (QED) is 0.755. The summed E-state index contributed by atoms with van der Waals surface area (Å²) in [5.41, 5.74) is 12.2. The monoisotopic (exact) mass is 291 g/mol. The highest BCUT2D eigenvalue weighted by Crippen LogP contribution is 2.12. The zero-order valence-electron chi connectivity index (χ0n) is 12.8. The minimum atomic E-state index is -0.549. The first-order chi connectivity index (χ1) is 9.95. The predicted molar refractivity (Wildman–Crippen MR) is 83.1 cm³/mol. The molecule has 0 unspecified atom stereocenters. The molecule has 5 nitrogen and oxygen atoms in total. The summed E-state index contributed by atoms with van der Waals surface area (Å²) >= 11 is 0. The molecular weight excluding hydrogens is 266 g/mol. The van der Waals surface area contributed by atoms with E-state index in [2.05, 4.69) is 0 Å². The molecule has 5 heteroatoms. The number of primary amides is 1. The van der Waals surface area contributed by atoms with E-state index in [0.29, 0.717) is 13.1 Å². The van der Waals surface area contributed by atoms with Crippen LogP contribution in [0, 0.1) is 5.92 Å². The van der Waals surface area contributed by atoms with Crippen LogP contribution in [0.5, 0.6) is 0 Å². The van der Waals surface area contributed by atoms with Gasteiger partial charge in [-0.3, -0.25) is 9.59 Å². The zero-order chi connectivity index (χ0) is 15.8. The first kappa shape index (κ1) is 17.2. The molecule has 0 saturated heterocycles. The molecule has 1 rings (SSSR count). The SMILES string of the molecule is CC[C@H](C)[C@H](N)C(=O)N(CCC(N)=O)Cc1ccccc1. The Balaban J connectivity index is 2.80. The zero-order valence-corrected chi connectivity index (χ0v) is 12.8. The van der Waals surface area contributed by atoms with E-state index in [4.69, 9.17) is 11.5 Å². The van der Waals surface area contributed by atoms with E-state index < -0.39 is 11.9 Å². The van der Waals surface area contributed by atoms with E-state index in [1.807, 2.05) is 44.2 Å². The molecule has 2 atom stereocenters. The number of nitrogens with zero attached hydrogens (tertiary/aromatic N) is 1. The van der Waals surface area contributed by atoms with Crippen molar-refractivity contribution in [3.05, 3.63) is 35.9 Å². The molecule has 0 radical (unpaired) electrons. The maximum absolute atomic E-state index is 12.5. The highest BCUT2D eigenvalue weighted by Gasteiger charge is 2.25. The third kappa shape index (κ3) is 5.55. The number of carbonyl (C=O) groups excluding carboxylic acids is 2. The van der Waals surface area contributed by atoms with Gasteiger partial charge in [0.2, 0.25) is 11.8 Å². The summed E-state index contributed by atoms with van der Waals surface area (Å²) in [5.74, 6) is -0.447. The molecule has 0 fully saturated rings. The summed E-state index contributed by atoms with van der Waals surface area (Å²) in [7, 11) is 0. The Morgan fingerprint density at radius 2 is 1.86 bits per heavy atom. The average Bonchev–Trinajstić information content (AvgIpc) is 2.50. The summed E-state index contributed by atoms with van der Waals surface area (Å²) in [6.07, 6.45) is 0.980. The summed E-state index contributed by atoms with van der Waals surface area (Å²) < 4.78 is 0. The highest BCUT2D eigenvalue weighted by atomic mass is 16.2. The minimum Gasteiger partial charge on any atom is -0.370 e. The van der Waals surface area contributed by atoms with Crippen LogP contribution in [0.15, 0.2) is 30.3 Å². The van der Waals surface area contributed by atoms with E-state index in [0.717, 1.165) is 12.0 Å².